The van der Waals surface area contributed by atoms with Crippen LogP contribution in [-0.2, 0) is 12.1 Å². The Morgan fingerprint density at radius 1 is 1.25 bits per heavy atom. The summed E-state index contributed by atoms with van der Waals surface area (Å²) >= 11 is 0. The van der Waals surface area contributed by atoms with Crippen molar-refractivity contribution >= 4 is 0 Å². The lowest BCUT2D eigenvalue weighted by atomic mass is 9.99. The molecule has 0 saturated heterocycles. The number of hydrogen-bond acceptors (Lipinski definition) is 2. The van der Waals surface area contributed by atoms with Gasteiger partial charge < -0.3 is 11.5 Å². The van der Waals surface area contributed by atoms with Crippen molar-refractivity contribution in [3.8, 4) is 0 Å². The van der Waals surface area contributed by atoms with E-state index >= 15 is 0 Å². The molecular formula is C10H14N2. The van der Waals surface area contributed by atoms with Gasteiger partial charge in [0, 0.05) is 12.1 Å². The third-order valence-electron chi connectivity index (χ3n) is 2.56. The molecule has 0 heterocycles. The molecule has 0 aliphatic heterocycles. The normalized spacial score (nSPS) is 19.2. The van der Waals surface area contributed by atoms with Crippen LogP contribution in [0.3, 0.4) is 0 Å². The Bertz CT molecular complexity index is 290. The molecule has 0 spiro atoms. The number of rotatable bonds is 2. The summed E-state index contributed by atoms with van der Waals surface area (Å²) in [7, 11) is 0. The minimum absolute atomic E-state index is 0.0457. The number of nitrogens with two attached hydrogens (primary N) is 2. The fraction of sp³-hybridized carbons (Fsp3) is 0.400. The summed E-state index contributed by atoms with van der Waals surface area (Å²) in [6.45, 7) is 0.592. The molecule has 0 unspecified atom stereocenters. The van der Waals surface area contributed by atoms with Gasteiger partial charge in [0.25, 0.3) is 0 Å². The van der Waals surface area contributed by atoms with Crippen molar-refractivity contribution in [1.29, 1.82) is 0 Å². The van der Waals surface area contributed by atoms with Crippen LogP contribution in [0.25, 0.3) is 0 Å². The summed E-state index contributed by atoms with van der Waals surface area (Å²) < 4.78 is 0. The molecule has 0 amide bonds. The van der Waals surface area contributed by atoms with Crippen LogP contribution < -0.4 is 11.5 Å². The van der Waals surface area contributed by atoms with Gasteiger partial charge in [-0.3, -0.25) is 0 Å². The zero-order chi connectivity index (χ0) is 8.60. The largest absolute Gasteiger partial charge is 0.326 e. The highest BCUT2D eigenvalue weighted by molar-refractivity contribution is 5.37. The maximum atomic E-state index is 6.09. The molecule has 2 nitrogen and oxygen atoms in total. The molecule has 12 heavy (non-hydrogen) atoms. The monoisotopic (exact) mass is 162 g/mol. The van der Waals surface area contributed by atoms with E-state index in [0.29, 0.717) is 6.54 Å². The van der Waals surface area contributed by atoms with Crippen molar-refractivity contribution in [3.63, 3.8) is 0 Å². The summed E-state index contributed by atoms with van der Waals surface area (Å²) in [5, 5.41) is 0. The standard InChI is InChI=1S/C10H14N2/c11-7-8-3-1-2-4-9(8)10(12)5-6-10/h1-4H,5-7,11-12H2. The minimum atomic E-state index is -0.0457. The number of benzene rings is 1. The molecule has 64 valence electrons. The highest BCUT2D eigenvalue weighted by Gasteiger charge is 2.40. The van der Waals surface area contributed by atoms with E-state index in [1.54, 1.807) is 0 Å². The first-order valence-corrected chi connectivity index (χ1v) is 4.33. The Kier molecular flexibility index (Phi) is 1.67. The molecule has 0 radical (unpaired) electrons. The van der Waals surface area contributed by atoms with Crippen LogP contribution in [0.5, 0.6) is 0 Å². The fourth-order valence-corrected chi connectivity index (χ4v) is 1.59. The van der Waals surface area contributed by atoms with Gasteiger partial charge in [0.15, 0.2) is 0 Å². The predicted octanol–water partition coefficient (Wildman–Crippen LogP) is 1.09. The molecular weight excluding hydrogens is 148 g/mol. The van der Waals surface area contributed by atoms with Crippen molar-refractivity contribution in [2.45, 2.75) is 24.9 Å². The third kappa shape index (κ3) is 1.13. The van der Waals surface area contributed by atoms with Crippen molar-refractivity contribution in [2.75, 3.05) is 0 Å². The summed E-state index contributed by atoms with van der Waals surface area (Å²) in [5.41, 5.74) is 14.1. The zero-order valence-corrected chi connectivity index (χ0v) is 7.09. The van der Waals surface area contributed by atoms with E-state index in [1.807, 2.05) is 12.1 Å². The number of hydrogen-bond donors (Lipinski definition) is 2. The first-order valence-electron chi connectivity index (χ1n) is 4.33. The van der Waals surface area contributed by atoms with Gasteiger partial charge in [-0.25, -0.2) is 0 Å². The fourth-order valence-electron chi connectivity index (χ4n) is 1.59. The van der Waals surface area contributed by atoms with E-state index in [1.165, 1.54) is 11.1 Å². The molecule has 1 aliphatic carbocycles. The first-order chi connectivity index (χ1) is 5.76. The van der Waals surface area contributed by atoms with Crippen LogP contribution >= 0.6 is 0 Å². The Labute approximate surface area is 72.6 Å². The molecule has 2 heteroatoms. The molecule has 2 rings (SSSR count). The molecule has 4 N–H and O–H groups in total. The van der Waals surface area contributed by atoms with Crippen molar-refractivity contribution in [1.82, 2.24) is 0 Å². The average Bonchev–Trinajstić information content (AvgIpc) is 2.85. The van der Waals surface area contributed by atoms with Gasteiger partial charge in [0.05, 0.1) is 0 Å². The van der Waals surface area contributed by atoms with Gasteiger partial charge in [0.2, 0.25) is 0 Å². The lowest BCUT2D eigenvalue weighted by Crippen LogP contribution is -2.21. The Balaban J connectivity index is 2.42. The van der Waals surface area contributed by atoms with Gasteiger partial charge in [-0.05, 0) is 24.0 Å². The summed E-state index contributed by atoms with van der Waals surface area (Å²) in [4.78, 5) is 0. The zero-order valence-electron chi connectivity index (χ0n) is 7.09. The third-order valence-corrected chi connectivity index (χ3v) is 2.56. The van der Waals surface area contributed by atoms with E-state index in [4.69, 9.17) is 11.5 Å². The minimum Gasteiger partial charge on any atom is -0.326 e. The maximum Gasteiger partial charge on any atom is 0.0414 e. The smallest absolute Gasteiger partial charge is 0.0414 e. The van der Waals surface area contributed by atoms with Crippen molar-refractivity contribution in [3.05, 3.63) is 35.4 Å². The van der Waals surface area contributed by atoms with Crippen LogP contribution in [0.4, 0.5) is 0 Å². The topological polar surface area (TPSA) is 52.0 Å². The van der Waals surface area contributed by atoms with E-state index < -0.39 is 0 Å². The lowest BCUT2D eigenvalue weighted by Gasteiger charge is -2.13. The van der Waals surface area contributed by atoms with Gasteiger partial charge in [-0.2, -0.15) is 0 Å². The highest BCUT2D eigenvalue weighted by atomic mass is 14.8. The average molecular weight is 162 g/mol. The molecule has 0 atom stereocenters. The Morgan fingerprint density at radius 3 is 2.50 bits per heavy atom. The second-order valence-corrected chi connectivity index (χ2v) is 3.52. The van der Waals surface area contributed by atoms with E-state index in [2.05, 4.69) is 12.1 Å². The SMILES string of the molecule is NCc1ccccc1C1(N)CC1. The van der Waals surface area contributed by atoms with Gasteiger partial charge in [0.1, 0.15) is 0 Å². The molecule has 1 saturated carbocycles. The molecule has 1 aromatic carbocycles. The van der Waals surface area contributed by atoms with E-state index in [-0.39, 0.29) is 5.54 Å². The van der Waals surface area contributed by atoms with Gasteiger partial charge in [-0.1, -0.05) is 24.3 Å². The second-order valence-electron chi connectivity index (χ2n) is 3.52. The maximum absolute atomic E-state index is 6.09. The summed E-state index contributed by atoms with van der Waals surface area (Å²) in [5.74, 6) is 0. The predicted molar refractivity (Wildman–Crippen MR) is 49.4 cm³/mol. The van der Waals surface area contributed by atoms with Crippen LogP contribution in [-0.4, -0.2) is 0 Å². The van der Waals surface area contributed by atoms with Crippen LogP contribution in [0.2, 0.25) is 0 Å². The Hall–Kier alpha value is -0.860. The van der Waals surface area contributed by atoms with Crippen LogP contribution in [0.15, 0.2) is 24.3 Å². The van der Waals surface area contributed by atoms with Crippen molar-refractivity contribution in [2.24, 2.45) is 11.5 Å². The molecule has 1 aliphatic rings. The van der Waals surface area contributed by atoms with Crippen LogP contribution in [0, 0.1) is 0 Å². The molecule has 1 aromatic rings. The van der Waals surface area contributed by atoms with Gasteiger partial charge in [-0.15, -0.1) is 0 Å². The van der Waals surface area contributed by atoms with Gasteiger partial charge >= 0.3 is 0 Å². The molecule has 1 fully saturated rings. The van der Waals surface area contributed by atoms with Crippen molar-refractivity contribution < 1.29 is 0 Å². The summed E-state index contributed by atoms with van der Waals surface area (Å²) in [6.07, 6.45) is 2.20. The van der Waals surface area contributed by atoms with Crippen LogP contribution in [0.1, 0.15) is 24.0 Å². The lowest BCUT2D eigenvalue weighted by molar-refractivity contribution is 0.725. The van der Waals surface area contributed by atoms with E-state index in [0.717, 1.165) is 12.8 Å². The highest BCUT2D eigenvalue weighted by Crippen LogP contribution is 2.43. The second kappa shape index (κ2) is 2.57. The molecule has 0 aromatic heterocycles. The van der Waals surface area contributed by atoms with E-state index in [9.17, 15) is 0 Å². The quantitative estimate of drug-likeness (QED) is 0.684. The molecule has 0 bridgehead atoms. The summed E-state index contributed by atoms with van der Waals surface area (Å²) in [6, 6.07) is 8.19. The Morgan fingerprint density at radius 2 is 1.92 bits per heavy atom. The first kappa shape index (κ1) is 7.77.